The van der Waals surface area contributed by atoms with Crippen molar-refractivity contribution in [3.63, 3.8) is 0 Å². The van der Waals surface area contributed by atoms with Gasteiger partial charge in [-0.15, -0.1) is 0 Å². The third kappa shape index (κ3) is 6.75. The van der Waals surface area contributed by atoms with Crippen LogP contribution in [0.4, 0.5) is 11.4 Å². The number of azo groups is 1. The van der Waals surface area contributed by atoms with Crippen molar-refractivity contribution in [2.45, 2.75) is 13.8 Å². The number of aryl methyl sites for hydroxylation is 2. The third-order valence-corrected chi connectivity index (χ3v) is 4.83. The number of phenols is 1. The number of ether oxygens (including phenoxy) is 1. The standard InChI is InChI=1S/C23H21BrN4O3/c1-15-6-8-21(10-16(15)2)31-14-23(30)28-25-13-17-11-20(7-9-22(17)29)27-26-19-5-3-4-18(24)12-19/h3-13,29H,14H2,1-2H3,(H,28,30). The number of nitrogens with one attached hydrogen (secondary N) is 1. The first-order valence-electron chi connectivity index (χ1n) is 9.43. The van der Waals surface area contributed by atoms with Crippen LogP contribution in [0, 0.1) is 13.8 Å². The molecule has 2 N–H and O–H groups in total. The van der Waals surface area contributed by atoms with Gasteiger partial charge in [0.05, 0.1) is 17.6 Å². The molecule has 0 aliphatic carbocycles. The lowest BCUT2D eigenvalue weighted by Crippen LogP contribution is -2.24. The minimum atomic E-state index is -0.417. The number of aromatic hydroxyl groups is 1. The van der Waals surface area contributed by atoms with Gasteiger partial charge in [-0.05, 0) is 73.5 Å². The number of amides is 1. The van der Waals surface area contributed by atoms with Crippen LogP contribution >= 0.6 is 15.9 Å². The molecule has 0 spiro atoms. The Labute approximate surface area is 188 Å². The summed E-state index contributed by atoms with van der Waals surface area (Å²) in [4.78, 5) is 11.9. The molecule has 0 aromatic heterocycles. The monoisotopic (exact) mass is 480 g/mol. The van der Waals surface area contributed by atoms with Crippen molar-refractivity contribution in [3.8, 4) is 11.5 Å². The van der Waals surface area contributed by atoms with Crippen LogP contribution < -0.4 is 10.2 Å². The molecule has 0 heterocycles. The first kappa shape index (κ1) is 22.2. The second kappa shape index (κ2) is 10.5. The summed E-state index contributed by atoms with van der Waals surface area (Å²) in [5, 5.41) is 22.2. The predicted molar refractivity (Wildman–Crippen MR) is 124 cm³/mol. The fraction of sp³-hybridized carbons (Fsp3) is 0.130. The Hall–Kier alpha value is -3.52. The molecule has 158 valence electrons. The van der Waals surface area contributed by atoms with E-state index in [4.69, 9.17) is 4.74 Å². The normalized spacial score (nSPS) is 11.2. The zero-order valence-corrected chi connectivity index (χ0v) is 18.6. The maximum Gasteiger partial charge on any atom is 0.277 e. The largest absolute Gasteiger partial charge is 0.507 e. The minimum Gasteiger partial charge on any atom is -0.507 e. The molecule has 0 fully saturated rings. The Balaban J connectivity index is 1.57. The Bertz CT molecular complexity index is 1150. The lowest BCUT2D eigenvalue weighted by molar-refractivity contribution is -0.123. The number of nitrogens with zero attached hydrogens (tertiary/aromatic N) is 3. The van der Waals surface area contributed by atoms with Gasteiger partial charge in [-0.25, -0.2) is 5.43 Å². The van der Waals surface area contributed by atoms with E-state index in [1.807, 2.05) is 56.3 Å². The number of halogens is 1. The van der Waals surface area contributed by atoms with Gasteiger partial charge in [0.15, 0.2) is 6.61 Å². The van der Waals surface area contributed by atoms with Gasteiger partial charge in [0.25, 0.3) is 5.91 Å². The molecular formula is C23H21BrN4O3. The molecule has 8 heteroatoms. The Morgan fingerprint density at radius 2 is 1.81 bits per heavy atom. The Kier molecular flexibility index (Phi) is 7.50. The molecule has 0 aliphatic rings. The van der Waals surface area contributed by atoms with Crippen molar-refractivity contribution >= 4 is 39.4 Å². The van der Waals surface area contributed by atoms with Gasteiger partial charge in [-0.3, -0.25) is 4.79 Å². The molecule has 7 nitrogen and oxygen atoms in total. The molecule has 0 saturated heterocycles. The van der Waals surface area contributed by atoms with Gasteiger partial charge in [0.1, 0.15) is 11.5 Å². The highest BCUT2D eigenvalue weighted by molar-refractivity contribution is 9.10. The molecule has 0 saturated carbocycles. The number of carbonyl (C=O) groups excluding carboxylic acids is 1. The molecule has 3 aromatic rings. The number of hydrogen-bond donors (Lipinski definition) is 2. The number of carbonyl (C=O) groups is 1. The Morgan fingerprint density at radius 3 is 2.55 bits per heavy atom. The van der Waals surface area contributed by atoms with Crippen molar-refractivity contribution in [1.29, 1.82) is 0 Å². The number of rotatable bonds is 7. The van der Waals surface area contributed by atoms with Crippen LogP contribution in [-0.2, 0) is 4.79 Å². The fourth-order valence-corrected chi connectivity index (χ4v) is 2.91. The van der Waals surface area contributed by atoms with E-state index in [9.17, 15) is 9.90 Å². The maximum absolute atomic E-state index is 11.9. The molecule has 3 aromatic carbocycles. The summed E-state index contributed by atoms with van der Waals surface area (Å²) in [7, 11) is 0. The van der Waals surface area contributed by atoms with Crippen molar-refractivity contribution in [2.75, 3.05) is 6.61 Å². The van der Waals surface area contributed by atoms with E-state index >= 15 is 0 Å². The number of phenolic OH excluding ortho intramolecular Hbond substituents is 1. The van der Waals surface area contributed by atoms with Crippen LogP contribution in [-0.4, -0.2) is 23.8 Å². The van der Waals surface area contributed by atoms with Crippen LogP contribution in [0.1, 0.15) is 16.7 Å². The maximum atomic E-state index is 11.9. The number of hydrazone groups is 1. The Morgan fingerprint density at radius 1 is 1.03 bits per heavy atom. The number of benzene rings is 3. The van der Waals surface area contributed by atoms with Gasteiger partial charge >= 0.3 is 0 Å². The third-order valence-electron chi connectivity index (χ3n) is 4.34. The molecular weight excluding hydrogens is 460 g/mol. The molecule has 0 bridgehead atoms. The zero-order valence-electron chi connectivity index (χ0n) is 17.0. The quantitative estimate of drug-likeness (QED) is 0.257. The highest BCUT2D eigenvalue weighted by Crippen LogP contribution is 2.25. The van der Waals surface area contributed by atoms with Crippen LogP contribution in [0.3, 0.4) is 0 Å². The predicted octanol–water partition coefficient (Wildman–Crippen LogP) is 5.72. The van der Waals surface area contributed by atoms with E-state index < -0.39 is 5.91 Å². The van der Waals surface area contributed by atoms with E-state index in [-0.39, 0.29) is 12.4 Å². The summed E-state index contributed by atoms with van der Waals surface area (Å²) >= 11 is 3.38. The summed E-state index contributed by atoms with van der Waals surface area (Å²) in [5.74, 6) is 0.202. The van der Waals surface area contributed by atoms with Crippen LogP contribution in [0.5, 0.6) is 11.5 Å². The van der Waals surface area contributed by atoms with Crippen molar-refractivity contribution in [3.05, 3.63) is 81.8 Å². The van der Waals surface area contributed by atoms with E-state index in [2.05, 4.69) is 36.7 Å². The summed E-state index contributed by atoms with van der Waals surface area (Å²) in [5.41, 5.74) is 6.22. The fourth-order valence-electron chi connectivity index (χ4n) is 2.52. The highest BCUT2D eigenvalue weighted by Gasteiger charge is 2.04. The van der Waals surface area contributed by atoms with Gasteiger partial charge in [-0.2, -0.15) is 15.3 Å². The summed E-state index contributed by atoms with van der Waals surface area (Å²) in [6, 6.07) is 17.8. The first-order valence-corrected chi connectivity index (χ1v) is 10.2. The minimum absolute atomic E-state index is 0.00536. The average Bonchev–Trinajstić information content (AvgIpc) is 2.75. The summed E-state index contributed by atoms with van der Waals surface area (Å²) < 4.78 is 6.37. The van der Waals surface area contributed by atoms with Gasteiger partial charge in [-0.1, -0.05) is 28.1 Å². The van der Waals surface area contributed by atoms with Crippen LogP contribution in [0.25, 0.3) is 0 Å². The van der Waals surface area contributed by atoms with Crippen molar-refractivity contribution in [1.82, 2.24) is 5.43 Å². The van der Waals surface area contributed by atoms with Crippen molar-refractivity contribution in [2.24, 2.45) is 15.3 Å². The molecule has 1 amide bonds. The zero-order chi connectivity index (χ0) is 22.2. The molecule has 0 unspecified atom stereocenters. The second-order valence-electron chi connectivity index (χ2n) is 6.75. The first-order chi connectivity index (χ1) is 14.9. The van der Waals surface area contributed by atoms with Gasteiger partial charge in [0.2, 0.25) is 0 Å². The summed E-state index contributed by atoms with van der Waals surface area (Å²) in [6.07, 6.45) is 1.33. The van der Waals surface area contributed by atoms with Gasteiger partial charge < -0.3 is 9.84 Å². The SMILES string of the molecule is Cc1ccc(OCC(=O)NN=Cc2cc(N=Nc3cccc(Br)c3)ccc2O)cc1C. The second-order valence-corrected chi connectivity index (χ2v) is 7.67. The van der Waals surface area contributed by atoms with Gasteiger partial charge in [0, 0.05) is 10.0 Å². The van der Waals surface area contributed by atoms with Crippen LogP contribution in [0.15, 0.2) is 80.5 Å². The van der Waals surface area contributed by atoms with E-state index in [1.165, 1.54) is 12.3 Å². The lowest BCUT2D eigenvalue weighted by atomic mass is 10.1. The molecule has 0 atom stereocenters. The van der Waals surface area contributed by atoms with E-state index in [0.29, 0.717) is 22.7 Å². The molecule has 0 radical (unpaired) electrons. The summed E-state index contributed by atoms with van der Waals surface area (Å²) in [6.45, 7) is 3.81. The van der Waals surface area contributed by atoms with Crippen molar-refractivity contribution < 1.29 is 14.6 Å². The molecule has 3 rings (SSSR count). The average molecular weight is 481 g/mol. The van der Waals surface area contributed by atoms with E-state index in [0.717, 1.165) is 15.6 Å². The molecule has 0 aliphatic heterocycles. The number of hydrogen-bond acceptors (Lipinski definition) is 6. The van der Waals surface area contributed by atoms with Crippen LogP contribution in [0.2, 0.25) is 0 Å². The molecule has 31 heavy (non-hydrogen) atoms. The van der Waals surface area contributed by atoms with E-state index in [1.54, 1.807) is 12.1 Å². The highest BCUT2D eigenvalue weighted by atomic mass is 79.9. The smallest absolute Gasteiger partial charge is 0.277 e. The lowest BCUT2D eigenvalue weighted by Gasteiger charge is -2.07. The topological polar surface area (TPSA) is 95.6 Å².